The highest BCUT2D eigenvalue weighted by Gasteiger charge is 2.37. The third kappa shape index (κ3) is 0.961. The molecule has 0 saturated carbocycles. The van der Waals surface area contributed by atoms with E-state index in [2.05, 4.69) is 13.0 Å². The maximum absolute atomic E-state index is 11.6. The van der Waals surface area contributed by atoms with Gasteiger partial charge in [0, 0.05) is 0 Å². The second-order valence-electron chi connectivity index (χ2n) is 3.92. The monoisotopic (exact) mass is 162 g/mol. The lowest BCUT2D eigenvalue weighted by molar-refractivity contribution is -0.122. The molecule has 0 spiro atoms. The Labute approximate surface area is 73.2 Å². The second kappa shape index (κ2) is 2.58. The third-order valence-corrected chi connectivity index (χ3v) is 3.13. The summed E-state index contributed by atoms with van der Waals surface area (Å²) in [7, 11) is 0. The molecule has 64 valence electrons. The molecule has 2 aliphatic rings. The van der Waals surface area contributed by atoms with Crippen LogP contribution in [0.1, 0.15) is 32.6 Å². The molecule has 2 aliphatic carbocycles. The van der Waals surface area contributed by atoms with E-state index in [0.717, 1.165) is 19.3 Å². The van der Waals surface area contributed by atoms with Crippen LogP contribution in [-0.2, 0) is 4.79 Å². The van der Waals surface area contributed by atoms with Crippen LogP contribution in [0.2, 0.25) is 0 Å². The Morgan fingerprint density at radius 1 is 1.50 bits per heavy atom. The van der Waals surface area contributed by atoms with Crippen molar-refractivity contribution in [1.82, 2.24) is 0 Å². The Balaban J connectivity index is 2.43. The fraction of sp³-hybridized carbons (Fsp3) is 0.545. The van der Waals surface area contributed by atoms with Gasteiger partial charge in [-0.2, -0.15) is 0 Å². The fourth-order valence-corrected chi connectivity index (χ4v) is 2.18. The molecule has 0 fully saturated rings. The number of ketones is 1. The van der Waals surface area contributed by atoms with E-state index in [1.54, 1.807) is 6.08 Å². The van der Waals surface area contributed by atoms with Crippen molar-refractivity contribution in [3.63, 3.8) is 0 Å². The van der Waals surface area contributed by atoms with Crippen LogP contribution < -0.4 is 0 Å². The normalized spacial score (nSPS) is 34.4. The molecule has 0 bridgehead atoms. The summed E-state index contributed by atoms with van der Waals surface area (Å²) < 4.78 is 0. The fourth-order valence-electron chi connectivity index (χ4n) is 2.18. The van der Waals surface area contributed by atoms with Gasteiger partial charge >= 0.3 is 0 Å². The first-order valence-corrected chi connectivity index (χ1v) is 4.64. The molecule has 0 aromatic carbocycles. The second-order valence-corrected chi connectivity index (χ2v) is 3.92. The SMILES string of the molecule is CC12CCCC=C1CC=CC2=O. The van der Waals surface area contributed by atoms with Crippen molar-refractivity contribution in [3.05, 3.63) is 23.8 Å². The summed E-state index contributed by atoms with van der Waals surface area (Å²) in [6, 6.07) is 0. The number of carbonyl (C=O) groups is 1. The van der Waals surface area contributed by atoms with Gasteiger partial charge in [-0.1, -0.05) is 17.7 Å². The maximum Gasteiger partial charge on any atom is 0.165 e. The van der Waals surface area contributed by atoms with Gasteiger partial charge in [-0.3, -0.25) is 4.79 Å². The molecule has 0 aromatic rings. The standard InChI is InChI=1S/C11H14O/c1-11-8-3-2-5-9(11)6-4-7-10(11)12/h4-5,7H,2-3,6,8H2,1H3. The Morgan fingerprint density at radius 3 is 3.08 bits per heavy atom. The largest absolute Gasteiger partial charge is 0.294 e. The van der Waals surface area contributed by atoms with Gasteiger partial charge in [0.15, 0.2) is 5.78 Å². The Bertz CT molecular complexity index is 273. The number of allylic oxidation sites excluding steroid dienone is 4. The molecule has 0 aliphatic heterocycles. The van der Waals surface area contributed by atoms with Gasteiger partial charge in [-0.25, -0.2) is 0 Å². The highest BCUT2D eigenvalue weighted by Crippen LogP contribution is 2.42. The van der Waals surface area contributed by atoms with Gasteiger partial charge in [0.05, 0.1) is 5.41 Å². The van der Waals surface area contributed by atoms with Gasteiger partial charge in [-0.15, -0.1) is 0 Å². The van der Waals surface area contributed by atoms with Crippen LogP contribution in [0.25, 0.3) is 0 Å². The topological polar surface area (TPSA) is 17.1 Å². The summed E-state index contributed by atoms with van der Waals surface area (Å²) in [4.78, 5) is 11.6. The van der Waals surface area contributed by atoms with E-state index in [4.69, 9.17) is 0 Å². The van der Waals surface area contributed by atoms with Crippen LogP contribution >= 0.6 is 0 Å². The highest BCUT2D eigenvalue weighted by molar-refractivity contribution is 5.98. The van der Waals surface area contributed by atoms with Gasteiger partial charge in [-0.05, 0) is 38.7 Å². The van der Waals surface area contributed by atoms with Crippen LogP contribution in [-0.4, -0.2) is 5.78 Å². The molecule has 0 amide bonds. The zero-order chi connectivity index (χ0) is 8.60. The molecular weight excluding hydrogens is 148 g/mol. The molecule has 0 saturated heterocycles. The van der Waals surface area contributed by atoms with Crippen LogP contribution in [0.5, 0.6) is 0 Å². The Hall–Kier alpha value is -0.850. The van der Waals surface area contributed by atoms with Crippen molar-refractivity contribution in [3.8, 4) is 0 Å². The molecular formula is C11H14O. The van der Waals surface area contributed by atoms with Crippen LogP contribution in [0.4, 0.5) is 0 Å². The van der Waals surface area contributed by atoms with Crippen molar-refractivity contribution in [1.29, 1.82) is 0 Å². The molecule has 1 unspecified atom stereocenters. The predicted octanol–water partition coefficient (Wildman–Crippen LogP) is 2.63. The minimum atomic E-state index is -0.132. The molecule has 0 N–H and O–H groups in total. The van der Waals surface area contributed by atoms with Crippen molar-refractivity contribution in [2.75, 3.05) is 0 Å². The lowest BCUT2D eigenvalue weighted by Crippen LogP contribution is -2.32. The molecule has 1 heteroatoms. The predicted molar refractivity (Wildman–Crippen MR) is 48.8 cm³/mol. The van der Waals surface area contributed by atoms with E-state index >= 15 is 0 Å². The molecule has 0 aromatic heterocycles. The van der Waals surface area contributed by atoms with E-state index in [9.17, 15) is 4.79 Å². The van der Waals surface area contributed by atoms with E-state index in [1.807, 2.05) is 6.08 Å². The van der Waals surface area contributed by atoms with Crippen molar-refractivity contribution in [2.24, 2.45) is 5.41 Å². The number of hydrogen-bond donors (Lipinski definition) is 0. The lowest BCUT2D eigenvalue weighted by Gasteiger charge is -2.35. The van der Waals surface area contributed by atoms with Gasteiger partial charge in [0.25, 0.3) is 0 Å². The number of hydrogen-bond acceptors (Lipinski definition) is 1. The Kier molecular flexibility index (Phi) is 1.67. The van der Waals surface area contributed by atoms with E-state index in [-0.39, 0.29) is 5.41 Å². The average Bonchev–Trinajstić information content (AvgIpc) is 2.07. The van der Waals surface area contributed by atoms with E-state index < -0.39 is 0 Å². The van der Waals surface area contributed by atoms with Gasteiger partial charge in [0.1, 0.15) is 0 Å². The zero-order valence-corrected chi connectivity index (χ0v) is 7.47. The summed E-state index contributed by atoms with van der Waals surface area (Å²) >= 11 is 0. The Morgan fingerprint density at radius 2 is 2.33 bits per heavy atom. The molecule has 12 heavy (non-hydrogen) atoms. The first-order valence-electron chi connectivity index (χ1n) is 4.64. The summed E-state index contributed by atoms with van der Waals surface area (Å²) in [5, 5.41) is 0. The van der Waals surface area contributed by atoms with Crippen molar-refractivity contribution >= 4 is 5.78 Å². The van der Waals surface area contributed by atoms with E-state index in [1.165, 1.54) is 12.0 Å². The van der Waals surface area contributed by atoms with Crippen molar-refractivity contribution in [2.45, 2.75) is 32.6 Å². The highest BCUT2D eigenvalue weighted by atomic mass is 16.1. The summed E-state index contributed by atoms with van der Waals surface area (Å²) in [5.74, 6) is 0.305. The average molecular weight is 162 g/mol. The number of carbonyl (C=O) groups excluding carboxylic acids is 1. The van der Waals surface area contributed by atoms with Gasteiger partial charge in [0.2, 0.25) is 0 Å². The summed E-state index contributed by atoms with van der Waals surface area (Å²) in [5.41, 5.74) is 1.22. The molecule has 0 heterocycles. The summed E-state index contributed by atoms with van der Waals surface area (Å²) in [6.45, 7) is 2.09. The minimum absolute atomic E-state index is 0.132. The minimum Gasteiger partial charge on any atom is -0.294 e. The molecule has 0 radical (unpaired) electrons. The first kappa shape index (κ1) is 7.78. The number of fused-ring (bicyclic) bond motifs is 1. The van der Waals surface area contributed by atoms with E-state index in [0.29, 0.717) is 5.78 Å². The maximum atomic E-state index is 11.6. The van der Waals surface area contributed by atoms with Crippen LogP contribution in [0.15, 0.2) is 23.8 Å². The van der Waals surface area contributed by atoms with Gasteiger partial charge < -0.3 is 0 Å². The van der Waals surface area contributed by atoms with Crippen molar-refractivity contribution < 1.29 is 4.79 Å². The third-order valence-electron chi connectivity index (χ3n) is 3.13. The van der Waals surface area contributed by atoms with Crippen LogP contribution in [0, 0.1) is 5.41 Å². The molecule has 2 rings (SSSR count). The summed E-state index contributed by atoms with van der Waals surface area (Å²) in [6.07, 6.45) is 10.4. The number of rotatable bonds is 0. The quantitative estimate of drug-likeness (QED) is 0.500. The lowest BCUT2D eigenvalue weighted by atomic mass is 9.68. The molecule has 1 atom stereocenters. The smallest absolute Gasteiger partial charge is 0.165 e. The molecule has 1 nitrogen and oxygen atoms in total. The first-order chi connectivity index (χ1) is 5.73. The van der Waals surface area contributed by atoms with Crippen LogP contribution in [0.3, 0.4) is 0 Å². The zero-order valence-electron chi connectivity index (χ0n) is 7.47.